The maximum atomic E-state index is 12.2. The molecular weight excluding hydrogens is 1470 g/mol. The highest BCUT2D eigenvalue weighted by Gasteiger charge is 2.60. The van der Waals surface area contributed by atoms with Crippen molar-refractivity contribution in [2.75, 3.05) is 20.3 Å². The van der Waals surface area contributed by atoms with Gasteiger partial charge in [0.15, 0.2) is 17.4 Å². The van der Waals surface area contributed by atoms with Crippen molar-refractivity contribution in [3.63, 3.8) is 0 Å². The summed E-state index contributed by atoms with van der Waals surface area (Å²) in [5.41, 5.74) is 19.6. The molecule has 18 atom stereocenters. The van der Waals surface area contributed by atoms with Crippen LogP contribution in [0.2, 0.25) is 0 Å². The first-order chi connectivity index (χ1) is 56.0. The Labute approximate surface area is 692 Å². The van der Waals surface area contributed by atoms with Crippen LogP contribution in [0.25, 0.3) is 9.69 Å². The summed E-state index contributed by atoms with van der Waals surface area (Å²) in [6.45, 7) is 42.3. The number of aliphatic hydroxyl groups excluding tert-OH is 2. The number of nitrogens with zero attached hydrogens (tertiary/aromatic N) is 15. The molecule has 0 unspecified atom stereocenters. The van der Waals surface area contributed by atoms with Crippen molar-refractivity contribution in [2.24, 2.45) is 107 Å². The summed E-state index contributed by atoms with van der Waals surface area (Å²) >= 11 is 0. The van der Waals surface area contributed by atoms with E-state index in [0.717, 1.165) is 139 Å². The van der Waals surface area contributed by atoms with Crippen molar-refractivity contribution < 1.29 is 45.2 Å². The van der Waals surface area contributed by atoms with E-state index in [0.29, 0.717) is 77.1 Å². The predicted molar refractivity (Wildman–Crippen MR) is 445 cm³/mol. The van der Waals surface area contributed by atoms with E-state index in [1.54, 1.807) is 5.48 Å². The van der Waals surface area contributed by atoms with Gasteiger partial charge in [-0.25, -0.2) is 15.2 Å². The normalized spacial score (nSPS) is 34.1. The molecule has 0 aromatic carbocycles. The Hall–Kier alpha value is -8.88. The van der Waals surface area contributed by atoms with Crippen LogP contribution in [0.4, 0.5) is 0 Å². The van der Waals surface area contributed by atoms with Crippen LogP contribution in [0, 0.1) is 78.2 Å². The van der Waals surface area contributed by atoms with Crippen LogP contribution in [0.15, 0.2) is 83.0 Å². The van der Waals surface area contributed by atoms with E-state index in [4.69, 9.17) is 43.9 Å². The van der Waals surface area contributed by atoms with Crippen LogP contribution >= 0.6 is 0 Å². The Morgan fingerprint density at radius 2 is 0.880 bits per heavy atom. The lowest BCUT2D eigenvalue weighted by molar-refractivity contribution is -0.234. The van der Waals surface area contributed by atoms with E-state index in [2.05, 4.69) is 135 Å². The zero-order valence-electron chi connectivity index (χ0n) is 74.0. The number of hydroxylamine groups is 1. The quantitative estimate of drug-likeness (QED) is 0.0475. The summed E-state index contributed by atoms with van der Waals surface area (Å²) in [6.07, 6.45) is 36.6. The number of ketones is 3. The second kappa shape index (κ2) is 32.3. The molecule has 3 saturated carbocycles. The molecule has 1 saturated heterocycles. The smallest absolute Gasteiger partial charge is 0.226 e. The van der Waals surface area contributed by atoms with Crippen molar-refractivity contribution in [3.05, 3.63) is 180 Å². The van der Waals surface area contributed by atoms with E-state index in [-0.39, 0.29) is 85.1 Å². The molecule has 20 rings (SSSR count). The third-order valence-corrected chi connectivity index (χ3v) is 31.0. The fourth-order valence-electron chi connectivity index (χ4n) is 25.2. The molecule has 12 aliphatic carbocycles. The van der Waals surface area contributed by atoms with Gasteiger partial charge in [0, 0.05) is 180 Å². The number of aromatic nitrogens is 13. The second-order valence-corrected chi connectivity index (χ2v) is 37.9. The third-order valence-electron chi connectivity index (χ3n) is 31.0. The summed E-state index contributed by atoms with van der Waals surface area (Å²) < 4.78 is 34.7. The molecule has 4 fully saturated rings. The zero-order chi connectivity index (χ0) is 85.4. The first-order valence-corrected chi connectivity index (χ1v) is 42.5. The lowest BCUT2D eigenvalue weighted by atomic mass is 9.55. The average Bonchev–Trinajstić information content (AvgIpc) is 1.43. The molecule has 7 aromatic heterocycles. The van der Waals surface area contributed by atoms with Gasteiger partial charge in [0.05, 0.1) is 78.7 Å². The number of aliphatic hydroxyl groups is 2. The highest BCUT2D eigenvalue weighted by atomic mass is 16.7. The number of nitrogens with one attached hydrogen (secondary N) is 1. The number of aryl methyl sites for hydroxylation is 12. The second-order valence-electron chi connectivity index (χ2n) is 37.9. The van der Waals surface area contributed by atoms with Crippen LogP contribution < -0.4 is 5.48 Å². The Morgan fingerprint density at radius 3 is 1.34 bits per heavy atom. The molecule has 117 heavy (non-hydrogen) atoms. The van der Waals surface area contributed by atoms with E-state index in [1.165, 1.54) is 83.3 Å². The number of rotatable bonds is 0. The molecule has 1 spiro atoms. The summed E-state index contributed by atoms with van der Waals surface area (Å²) in [7, 11) is 14.5. The minimum atomic E-state index is -0.309. The van der Waals surface area contributed by atoms with Crippen LogP contribution in [0.5, 0.6) is 0 Å². The van der Waals surface area contributed by atoms with Gasteiger partial charge in [0.1, 0.15) is 11.5 Å². The highest BCUT2D eigenvalue weighted by Crippen LogP contribution is 2.60. The molecule has 0 radical (unpaired) electrons. The average molecular weight is 1600 g/mol. The lowest BCUT2D eigenvalue weighted by Gasteiger charge is -2.53. The Kier molecular flexibility index (Phi) is 23.4. The molecule has 25 nitrogen and oxygen atoms in total. The van der Waals surface area contributed by atoms with Gasteiger partial charge in [-0.15, -0.1) is 0 Å². The molecule has 13 aliphatic rings. The summed E-state index contributed by atoms with van der Waals surface area (Å²) in [4.78, 5) is 43.2. The summed E-state index contributed by atoms with van der Waals surface area (Å²) in [5, 5.41) is 58.9. The van der Waals surface area contributed by atoms with Crippen molar-refractivity contribution in [3.8, 4) is 0 Å². The number of fused-ring (bicyclic) bond motifs is 19. The van der Waals surface area contributed by atoms with Gasteiger partial charge < -0.3 is 34.2 Å². The maximum absolute atomic E-state index is 12.2. The summed E-state index contributed by atoms with van der Waals surface area (Å²) in [5.74, 6) is 5.33. The monoisotopic (exact) mass is 1600 g/mol. The molecule has 630 valence electrons. The fourth-order valence-corrected chi connectivity index (χ4v) is 25.2. The Morgan fingerprint density at radius 1 is 0.496 bits per heavy atom. The molecule has 0 amide bonds. The van der Waals surface area contributed by atoms with E-state index >= 15 is 0 Å². The largest absolute Gasteiger partial charge is 0.523 e. The molecule has 0 bridgehead atoms. The van der Waals surface area contributed by atoms with Gasteiger partial charge in [0.2, 0.25) is 11.4 Å². The van der Waals surface area contributed by atoms with E-state index in [1.807, 2.05) is 103 Å². The number of allylic oxidation sites excluding steroid dienone is 5. The predicted octanol–water partition coefficient (Wildman–Crippen LogP) is 15.0. The maximum Gasteiger partial charge on any atom is 0.226 e. The fraction of sp³-hybridized carbons (Fsp3) is 0.652. The van der Waals surface area contributed by atoms with Crippen LogP contribution in [0.3, 0.4) is 0 Å². The lowest BCUT2D eigenvalue weighted by Crippen LogP contribution is -2.55. The molecule has 1 aliphatic heterocycles. The summed E-state index contributed by atoms with van der Waals surface area (Å²) in [6, 6.07) is 0. The Balaban J connectivity index is 0.000000121. The molecule has 7 aromatic rings. The van der Waals surface area contributed by atoms with Crippen molar-refractivity contribution in [1.82, 2.24) is 69.3 Å². The van der Waals surface area contributed by atoms with Crippen molar-refractivity contribution in [2.45, 2.75) is 257 Å². The number of carbonyl (C=O) groups excluding carboxylic acids is 3. The first kappa shape index (κ1) is 84.6. The van der Waals surface area contributed by atoms with Gasteiger partial charge in [-0.1, -0.05) is 102 Å². The SMILES string of the molecule is CNO.C[C@@H]1C(=O)/C(=C\O)C[C@]2(C)c3nn(C)cc3CC[C@@H]12.C[C@@H]1C(=O)CC[C@]2(C)c3nn(C)cc3CC[C@@H]12.C[C@@H]1c2oncc2C[C@]2(C)c3nn(C)cc3CC[C@@H]12.C[C@H]1[C@@H]2CCc3cn(C)nc3[C@@]2(C)CCC12OCCO2.[3H]C.[C-]#[N+]C1=C(O)[C@@H](C)[C@@H]2CCc3cn(C)nc3[C@@]2(C)C1.[C-]#[N+]C1=C[C@]2(C)c3nn(C)cc3CC[C@H]2[C@H](C)C1=O. The van der Waals surface area contributed by atoms with Gasteiger partial charge >= 0.3 is 0 Å². The number of hydrogen-bond donors (Lipinski definition) is 4. The third kappa shape index (κ3) is 14.6. The topological polar surface area (TPSA) is 284 Å². The minimum Gasteiger partial charge on any atom is -0.523 e. The van der Waals surface area contributed by atoms with Crippen molar-refractivity contribution in [1.29, 1.82) is 0 Å². The minimum absolute atomic E-state index is 0.00291. The standard InChI is InChI=1S/C16H24N2O2.2C15H19N3O.C15H17N3O.C15H20N2O2.C14H20N2O.CH5NO.CH4/c1-11-13-5-4-12-10-18(3)17-14(12)15(13,2)6-7-16(11)19-8-9-20-16;1-9-12-5-4-10-8-18(3)17-14(10)15(12,2)6-11-7-16-19-13(9)11;2*1-9-11-6-5-10-8-18(4)17-14(10)15(11,2)7-12(16-3)13(9)19;1-9-12-5-4-10-7-17(3)16-14(10)15(12,2)6-11(8-18)13(9)19;1-9-11-5-4-10-8-16(3)15-13(10)14(11,2)7-6-12(9)17;1-2-3;/h10-11,13H,4-9H2,1-3H3;7-9,12H,4-6H2,1-3H3;8-9,11,19H,5-7H2,1-2,4H3;7-9,11H,5-6H2,1-2,4H3;7-9,12,18H,4-6H2,1-3H3;8-9,11H,4-7H2,1-3H3;2-3H,1H3;1H4/b;;;;11-8-;;;/t11-,13-,15-;9-,12-,15-;2*9-,11-,15-;9-,12-,15-;9-,11-,14-;;/m000000../s1/i;;;;;;;1T. The van der Waals surface area contributed by atoms with E-state index < -0.39 is 0 Å². The zero-order valence-corrected chi connectivity index (χ0v) is 73.0. The van der Waals surface area contributed by atoms with Gasteiger partial charge in [-0.2, -0.15) is 30.6 Å². The number of hydrogen-bond acceptors (Lipinski definition) is 17. The number of carbonyl (C=O) groups is 3. The van der Waals surface area contributed by atoms with Gasteiger partial charge in [0.25, 0.3) is 0 Å². The molecular formula is C92H128N16O9. The number of Topliss-reactive ketones (excluding diaryl/α,β-unsaturated/α-hetero) is 3. The van der Waals surface area contributed by atoms with Gasteiger partial charge in [-0.3, -0.25) is 37.7 Å². The molecule has 25 heteroatoms. The highest BCUT2D eigenvalue weighted by molar-refractivity contribution is 6.00. The molecule has 8 heterocycles. The van der Waals surface area contributed by atoms with Gasteiger partial charge in [-0.05, 0) is 178 Å². The Bertz CT molecular complexity index is 5100. The van der Waals surface area contributed by atoms with E-state index in [9.17, 15) is 24.6 Å². The number of ether oxygens (including phenoxy) is 2. The van der Waals surface area contributed by atoms with Crippen molar-refractivity contribution >= 4 is 17.3 Å². The molecule has 4 N–H and O–H groups in total. The van der Waals surface area contributed by atoms with Crippen LogP contribution in [0.1, 0.15) is 254 Å². The first-order valence-electron chi connectivity index (χ1n) is 43.5. The van der Waals surface area contributed by atoms with Crippen LogP contribution in [-0.2, 0) is 144 Å². The van der Waals surface area contributed by atoms with Crippen LogP contribution in [-0.4, -0.2) is 123 Å².